The lowest BCUT2D eigenvalue weighted by atomic mass is 9.44. The van der Waals surface area contributed by atoms with E-state index in [1.165, 1.54) is 19.3 Å². The molecule has 4 saturated carbocycles. The van der Waals surface area contributed by atoms with Crippen LogP contribution in [-0.4, -0.2) is 53.3 Å². The van der Waals surface area contributed by atoms with Crippen LogP contribution in [0, 0.1) is 28.5 Å². The molecule has 1 aromatic carbocycles. The van der Waals surface area contributed by atoms with Gasteiger partial charge < -0.3 is 9.16 Å². The van der Waals surface area contributed by atoms with Gasteiger partial charge in [-0.3, -0.25) is 4.79 Å². The topological polar surface area (TPSA) is 84.9 Å². The maximum Gasteiger partial charge on any atom is 0.304 e. The predicted molar refractivity (Wildman–Crippen MR) is 152 cm³/mol. The Morgan fingerprint density at radius 1 is 1.13 bits per heavy atom. The second-order valence-corrected chi connectivity index (χ2v) is 21.1. The van der Waals surface area contributed by atoms with Crippen molar-refractivity contribution in [1.82, 2.24) is 9.03 Å². The Kier molecular flexibility index (Phi) is 7.48. The van der Waals surface area contributed by atoms with Crippen LogP contribution < -0.4 is 9.46 Å². The molecule has 4 bridgehead atoms. The van der Waals surface area contributed by atoms with Gasteiger partial charge in [0.05, 0.1) is 17.2 Å². The van der Waals surface area contributed by atoms with E-state index in [9.17, 15) is 17.6 Å². The summed E-state index contributed by atoms with van der Waals surface area (Å²) in [7, 11) is -5.86. The normalized spacial score (nSPS) is 30.7. The van der Waals surface area contributed by atoms with Gasteiger partial charge in [0, 0.05) is 31.2 Å². The highest BCUT2D eigenvalue weighted by atomic mass is 35.5. The lowest BCUT2D eigenvalue weighted by Gasteiger charge is -2.62. The molecule has 4 aliphatic carbocycles. The fraction of sp³-hybridized carbons (Fsp3) is 0.750. The summed E-state index contributed by atoms with van der Waals surface area (Å²) < 4.78 is 55.5. The third kappa shape index (κ3) is 5.78. The second kappa shape index (κ2) is 9.96. The zero-order chi connectivity index (χ0) is 28.4. The van der Waals surface area contributed by atoms with Crippen LogP contribution in [0.2, 0.25) is 23.2 Å². The van der Waals surface area contributed by atoms with Crippen LogP contribution in [-0.2, 0) is 14.6 Å². The molecule has 6 rings (SSSR count). The number of benzene rings is 1. The van der Waals surface area contributed by atoms with Gasteiger partial charge in [-0.2, -0.15) is 12.7 Å². The highest BCUT2D eigenvalue weighted by Gasteiger charge is 2.58. The molecule has 1 N–H and O–H groups in total. The van der Waals surface area contributed by atoms with E-state index in [0.717, 1.165) is 48.7 Å². The van der Waals surface area contributed by atoms with Gasteiger partial charge in [0.2, 0.25) is 0 Å². The standard InChI is InChI=1S/C28H42ClFN2O5SSi/c1-26(2,3)39(4,5)37-18-28-14-19-9-20(15-28)13-27(12-19,16-28)17-36-24-11-23(30)21(10-22(24)29)25(33)31-38(34,35)32-7-6-8-32/h10-11,19-20H,6-9,12-18H2,1-5H3,(H,31,33). The number of halogens is 2. The van der Waals surface area contributed by atoms with Crippen LogP contribution in [0.1, 0.15) is 76.1 Å². The highest BCUT2D eigenvalue weighted by Crippen LogP contribution is 2.65. The van der Waals surface area contributed by atoms with Crippen LogP contribution in [0.4, 0.5) is 4.39 Å². The first kappa shape index (κ1) is 29.3. The van der Waals surface area contributed by atoms with Crippen molar-refractivity contribution >= 4 is 36.0 Å². The lowest BCUT2D eigenvalue weighted by Crippen LogP contribution is -2.56. The molecule has 1 amide bonds. The fourth-order valence-electron chi connectivity index (χ4n) is 7.35. The molecule has 11 heteroatoms. The van der Waals surface area contributed by atoms with Crippen molar-refractivity contribution in [1.29, 1.82) is 0 Å². The van der Waals surface area contributed by atoms with Gasteiger partial charge in [-0.05, 0) is 86.4 Å². The Balaban J connectivity index is 1.27. The van der Waals surface area contributed by atoms with Gasteiger partial charge in [-0.1, -0.05) is 32.4 Å². The van der Waals surface area contributed by atoms with Crippen molar-refractivity contribution in [3.63, 3.8) is 0 Å². The number of amides is 1. The Morgan fingerprint density at radius 2 is 1.72 bits per heavy atom. The largest absolute Gasteiger partial charge is 0.491 e. The molecule has 2 atom stereocenters. The van der Waals surface area contributed by atoms with E-state index in [-0.39, 0.29) is 26.6 Å². The molecule has 39 heavy (non-hydrogen) atoms. The number of rotatable bonds is 9. The Bertz CT molecular complexity index is 1230. The van der Waals surface area contributed by atoms with Gasteiger partial charge in [-0.25, -0.2) is 9.11 Å². The summed E-state index contributed by atoms with van der Waals surface area (Å²) in [6.45, 7) is 13.4. The third-order valence-corrected chi connectivity index (χ3v) is 16.3. The van der Waals surface area contributed by atoms with Crippen LogP contribution in [0.15, 0.2) is 12.1 Å². The Morgan fingerprint density at radius 3 is 2.26 bits per heavy atom. The van der Waals surface area contributed by atoms with E-state index in [1.807, 2.05) is 4.72 Å². The Labute approximate surface area is 238 Å². The predicted octanol–water partition coefficient (Wildman–Crippen LogP) is 6.15. The molecular weight excluding hydrogens is 559 g/mol. The summed E-state index contributed by atoms with van der Waals surface area (Å²) in [4.78, 5) is 12.5. The number of carbonyl (C=O) groups excluding carboxylic acids is 1. The highest BCUT2D eigenvalue weighted by molar-refractivity contribution is 7.87. The first-order valence-electron chi connectivity index (χ1n) is 14.1. The summed E-state index contributed by atoms with van der Waals surface area (Å²) in [5.74, 6) is -0.416. The maximum atomic E-state index is 15.0. The maximum absolute atomic E-state index is 15.0. The van der Waals surface area contributed by atoms with Crippen LogP contribution in [0.3, 0.4) is 0 Å². The first-order chi connectivity index (χ1) is 18.0. The van der Waals surface area contributed by atoms with Crippen molar-refractivity contribution in [3.8, 4) is 5.75 Å². The average molecular weight is 601 g/mol. The Hall–Kier alpha value is -1.20. The molecule has 218 valence electrons. The van der Waals surface area contributed by atoms with Crippen LogP contribution in [0.5, 0.6) is 5.75 Å². The average Bonchev–Trinajstić information content (AvgIpc) is 2.74. The summed E-state index contributed by atoms with van der Waals surface area (Å²) in [6, 6.07) is 2.26. The molecule has 1 saturated heterocycles. The van der Waals surface area contributed by atoms with Gasteiger partial charge >= 0.3 is 10.2 Å². The second-order valence-electron chi connectivity index (χ2n) is 14.2. The van der Waals surface area contributed by atoms with Gasteiger partial charge in [0.15, 0.2) is 8.32 Å². The molecule has 0 spiro atoms. The molecule has 5 aliphatic rings. The van der Waals surface area contributed by atoms with E-state index in [0.29, 0.717) is 31.5 Å². The van der Waals surface area contributed by atoms with E-state index in [2.05, 4.69) is 33.9 Å². The number of hydrogen-bond donors (Lipinski definition) is 1. The third-order valence-electron chi connectivity index (χ3n) is 10.0. The van der Waals surface area contributed by atoms with Crippen molar-refractivity contribution in [2.45, 2.75) is 83.8 Å². The summed E-state index contributed by atoms with van der Waals surface area (Å²) in [5, 5.41) is 0.252. The van der Waals surface area contributed by atoms with Gasteiger partial charge in [-0.15, -0.1) is 0 Å². The minimum absolute atomic E-state index is 0.00201. The monoisotopic (exact) mass is 600 g/mol. The van der Waals surface area contributed by atoms with Gasteiger partial charge in [0.1, 0.15) is 11.6 Å². The fourth-order valence-corrected chi connectivity index (χ4v) is 9.88. The lowest BCUT2D eigenvalue weighted by molar-refractivity contribution is -0.139. The zero-order valence-corrected chi connectivity index (χ0v) is 26.3. The molecule has 2 unspecified atom stereocenters. The minimum atomic E-state index is -3.99. The van der Waals surface area contributed by atoms with Crippen molar-refractivity contribution in [3.05, 3.63) is 28.5 Å². The van der Waals surface area contributed by atoms with E-state index in [1.54, 1.807) is 0 Å². The molecular formula is C28H42ClFN2O5SSi. The number of ether oxygens (including phenoxy) is 1. The van der Waals surface area contributed by atoms with Crippen molar-refractivity contribution in [2.24, 2.45) is 22.7 Å². The first-order valence-corrected chi connectivity index (χ1v) is 18.8. The van der Waals surface area contributed by atoms with E-state index >= 15 is 0 Å². The van der Waals surface area contributed by atoms with Crippen LogP contribution in [0.25, 0.3) is 0 Å². The van der Waals surface area contributed by atoms with Crippen molar-refractivity contribution < 1.29 is 26.8 Å². The molecule has 5 fully saturated rings. The summed E-state index contributed by atoms with van der Waals surface area (Å²) in [5.41, 5.74) is -0.253. The van der Waals surface area contributed by atoms with Crippen molar-refractivity contribution in [2.75, 3.05) is 26.3 Å². The summed E-state index contributed by atoms with van der Waals surface area (Å²) >= 11 is 6.43. The smallest absolute Gasteiger partial charge is 0.304 e. The molecule has 1 heterocycles. The van der Waals surface area contributed by atoms with E-state index < -0.39 is 35.8 Å². The number of carbonyl (C=O) groups is 1. The molecule has 7 nitrogen and oxygen atoms in total. The minimum Gasteiger partial charge on any atom is -0.491 e. The van der Waals surface area contributed by atoms with Gasteiger partial charge in [0.25, 0.3) is 5.91 Å². The quantitative estimate of drug-likeness (QED) is 0.344. The van der Waals surface area contributed by atoms with Crippen LogP contribution >= 0.6 is 11.6 Å². The molecule has 1 aliphatic heterocycles. The zero-order valence-electron chi connectivity index (χ0n) is 23.7. The van der Waals surface area contributed by atoms with E-state index in [4.69, 9.17) is 20.8 Å². The molecule has 0 radical (unpaired) electrons. The summed E-state index contributed by atoms with van der Waals surface area (Å²) in [6.07, 6.45) is 7.65. The molecule has 1 aromatic rings. The SMILES string of the molecule is CC(C)(C)[Si](C)(C)OCC12CC3CC(CC(COc4cc(F)c(C(=O)NS(=O)(=O)N5CCC5)cc4Cl)(C3)C1)C2. The number of nitrogens with zero attached hydrogens (tertiary/aromatic N) is 1. The molecule has 0 aromatic heterocycles. The number of nitrogens with one attached hydrogen (secondary N) is 1. The number of hydrogen-bond acceptors (Lipinski definition) is 5.